The minimum Gasteiger partial charge on any atom is -0.245 e. The zero-order valence-electron chi connectivity index (χ0n) is 11.7. The van der Waals surface area contributed by atoms with Crippen molar-refractivity contribution in [2.75, 3.05) is 0 Å². The second-order valence-corrected chi connectivity index (χ2v) is 7.53. The van der Waals surface area contributed by atoms with Crippen LogP contribution in [0.1, 0.15) is 32.1 Å². The lowest BCUT2D eigenvalue weighted by atomic mass is 10.0. The summed E-state index contributed by atoms with van der Waals surface area (Å²) in [6, 6.07) is 10.1. The lowest BCUT2D eigenvalue weighted by molar-refractivity contribution is 0.516. The molecule has 1 aromatic heterocycles. The molecule has 0 saturated heterocycles. The number of hydrogen-bond acceptors (Lipinski definition) is 2. The number of halogens is 2. The van der Waals surface area contributed by atoms with Crippen LogP contribution >= 0.6 is 35.0 Å². The fourth-order valence-electron chi connectivity index (χ4n) is 2.72. The van der Waals surface area contributed by atoms with Crippen LogP contribution in [0, 0.1) is 0 Å². The van der Waals surface area contributed by atoms with Gasteiger partial charge in [-0.25, -0.2) is 4.98 Å². The van der Waals surface area contributed by atoms with E-state index in [-0.39, 0.29) is 0 Å². The van der Waals surface area contributed by atoms with Crippen molar-refractivity contribution in [1.82, 2.24) is 4.98 Å². The minimum absolute atomic E-state index is 0.518. The molecule has 0 radical (unpaired) electrons. The molecule has 1 aromatic carbocycles. The number of thioether (sulfide) groups is 1. The standard InChI is InChI=1S/C17H17Cl2NS/c18-15-7-6-12(13-8-9-20-17(19)11-13)10-16(15)21-14-4-2-1-3-5-14/h6-11,14H,1-5H2. The summed E-state index contributed by atoms with van der Waals surface area (Å²) in [4.78, 5) is 5.21. The number of benzene rings is 1. The predicted molar refractivity (Wildman–Crippen MR) is 92.4 cm³/mol. The average Bonchev–Trinajstić information content (AvgIpc) is 2.50. The van der Waals surface area contributed by atoms with E-state index in [0.717, 1.165) is 16.1 Å². The molecule has 0 spiro atoms. The van der Waals surface area contributed by atoms with Crippen LogP contribution in [0.15, 0.2) is 41.4 Å². The molecule has 1 aliphatic carbocycles. The molecule has 3 rings (SSSR count). The van der Waals surface area contributed by atoms with Gasteiger partial charge in [-0.2, -0.15) is 0 Å². The summed E-state index contributed by atoms with van der Waals surface area (Å²) in [6.07, 6.45) is 8.39. The molecule has 1 fully saturated rings. The Hall–Kier alpha value is -0.700. The molecule has 4 heteroatoms. The molecular weight excluding hydrogens is 321 g/mol. The molecule has 110 valence electrons. The lowest BCUT2D eigenvalue weighted by Gasteiger charge is -2.21. The van der Waals surface area contributed by atoms with Crippen LogP contribution in [0.3, 0.4) is 0 Å². The molecule has 0 bridgehead atoms. The van der Waals surface area contributed by atoms with Crippen molar-refractivity contribution in [3.8, 4) is 11.1 Å². The van der Waals surface area contributed by atoms with Gasteiger partial charge in [0.15, 0.2) is 0 Å². The maximum absolute atomic E-state index is 6.37. The van der Waals surface area contributed by atoms with E-state index in [4.69, 9.17) is 23.2 Å². The molecule has 0 aliphatic heterocycles. The number of pyridine rings is 1. The Bertz CT molecular complexity index is 624. The smallest absolute Gasteiger partial charge is 0.129 e. The fraction of sp³-hybridized carbons (Fsp3) is 0.353. The Morgan fingerprint density at radius 3 is 2.48 bits per heavy atom. The zero-order chi connectivity index (χ0) is 14.7. The summed E-state index contributed by atoms with van der Waals surface area (Å²) < 4.78 is 0. The highest BCUT2D eigenvalue weighted by Crippen LogP contribution is 2.39. The average molecular weight is 338 g/mol. The third-order valence-electron chi connectivity index (χ3n) is 3.84. The molecule has 1 aliphatic rings. The molecule has 1 saturated carbocycles. The maximum atomic E-state index is 6.37. The topological polar surface area (TPSA) is 12.9 Å². The van der Waals surface area contributed by atoms with Crippen LogP contribution in [-0.4, -0.2) is 10.2 Å². The SMILES string of the molecule is Clc1cc(-c2ccc(Cl)c(SC3CCCCC3)c2)ccn1. The van der Waals surface area contributed by atoms with E-state index in [1.54, 1.807) is 6.20 Å². The highest BCUT2D eigenvalue weighted by atomic mass is 35.5. The van der Waals surface area contributed by atoms with E-state index in [9.17, 15) is 0 Å². The number of aromatic nitrogens is 1. The van der Waals surface area contributed by atoms with Gasteiger partial charge in [0.1, 0.15) is 5.15 Å². The number of hydrogen-bond donors (Lipinski definition) is 0. The van der Waals surface area contributed by atoms with Gasteiger partial charge in [-0.1, -0.05) is 48.5 Å². The van der Waals surface area contributed by atoms with Gasteiger partial charge in [0, 0.05) is 16.3 Å². The second kappa shape index (κ2) is 7.04. The van der Waals surface area contributed by atoms with Gasteiger partial charge in [-0.3, -0.25) is 0 Å². The first-order chi connectivity index (χ1) is 10.2. The highest BCUT2D eigenvalue weighted by Gasteiger charge is 2.16. The molecule has 1 nitrogen and oxygen atoms in total. The zero-order valence-corrected chi connectivity index (χ0v) is 14.0. The molecule has 0 amide bonds. The van der Waals surface area contributed by atoms with Crippen molar-refractivity contribution in [2.24, 2.45) is 0 Å². The van der Waals surface area contributed by atoms with Crippen LogP contribution in [-0.2, 0) is 0 Å². The third-order valence-corrected chi connectivity index (χ3v) is 5.88. The molecule has 1 heterocycles. The summed E-state index contributed by atoms with van der Waals surface area (Å²) in [7, 11) is 0. The lowest BCUT2D eigenvalue weighted by Crippen LogP contribution is -2.07. The van der Waals surface area contributed by atoms with Gasteiger partial charge in [0.2, 0.25) is 0 Å². The monoisotopic (exact) mass is 337 g/mol. The van der Waals surface area contributed by atoms with E-state index in [1.165, 1.54) is 37.0 Å². The van der Waals surface area contributed by atoms with Crippen molar-refractivity contribution >= 4 is 35.0 Å². The third kappa shape index (κ3) is 3.94. The van der Waals surface area contributed by atoms with E-state index in [1.807, 2.05) is 36.0 Å². The number of nitrogens with zero attached hydrogens (tertiary/aromatic N) is 1. The first-order valence-electron chi connectivity index (χ1n) is 7.30. The second-order valence-electron chi connectivity index (χ2n) is 5.39. The maximum Gasteiger partial charge on any atom is 0.129 e. The summed E-state index contributed by atoms with van der Waals surface area (Å²) in [5.41, 5.74) is 2.22. The molecular formula is C17H17Cl2NS. The molecule has 0 N–H and O–H groups in total. The fourth-order valence-corrected chi connectivity index (χ4v) is 4.45. The van der Waals surface area contributed by atoms with Crippen LogP contribution < -0.4 is 0 Å². The van der Waals surface area contributed by atoms with Gasteiger partial charge in [0.05, 0.1) is 5.02 Å². The van der Waals surface area contributed by atoms with Crippen molar-refractivity contribution in [2.45, 2.75) is 42.2 Å². The van der Waals surface area contributed by atoms with Gasteiger partial charge in [0.25, 0.3) is 0 Å². The minimum atomic E-state index is 0.518. The van der Waals surface area contributed by atoms with Crippen molar-refractivity contribution in [3.63, 3.8) is 0 Å². The van der Waals surface area contributed by atoms with Crippen LogP contribution in [0.2, 0.25) is 10.2 Å². The summed E-state index contributed by atoms with van der Waals surface area (Å²) >= 11 is 14.3. The van der Waals surface area contributed by atoms with E-state index >= 15 is 0 Å². The largest absolute Gasteiger partial charge is 0.245 e. The summed E-state index contributed by atoms with van der Waals surface area (Å²) in [5.74, 6) is 0. The Morgan fingerprint density at radius 2 is 1.71 bits per heavy atom. The Kier molecular flexibility index (Phi) is 5.10. The molecule has 0 atom stereocenters. The molecule has 0 unspecified atom stereocenters. The van der Waals surface area contributed by atoms with Crippen LogP contribution in [0.25, 0.3) is 11.1 Å². The van der Waals surface area contributed by atoms with Gasteiger partial charge < -0.3 is 0 Å². The van der Waals surface area contributed by atoms with Crippen LogP contribution in [0.5, 0.6) is 0 Å². The van der Waals surface area contributed by atoms with Gasteiger partial charge >= 0.3 is 0 Å². The molecule has 21 heavy (non-hydrogen) atoms. The number of rotatable bonds is 3. The summed E-state index contributed by atoms with van der Waals surface area (Å²) in [6.45, 7) is 0. The highest BCUT2D eigenvalue weighted by molar-refractivity contribution is 8.00. The van der Waals surface area contributed by atoms with E-state index in [2.05, 4.69) is 11.1 Å². The molecule has 2 aromatic rings. The first kappa shape index (κ1) is 15.2. The Morgan fingerprint density at radius 1 is 0.952 bits per heavy atom. The van der Waals surface area contributed by atoms with Crippen LogP contribution in [0.4, 0.5) is 0 Å². The normalized spacial score (nSPS) is 16.1. The van der Waals surface area contributed by atoms with E-state index < -0.39 is 0 Å². The van der Waals surface area contributed by atoms with Crippen molar-refractivity contribution in [3.05, 3.63) is 46.7 Å². The van der Waals surface area contributed by atoms with E-state index in [0.29, 0.717) is 10.4 Å². The predicted octanol–water partition coefficient (Wildman–Crippen LogP) is 6.48. The first-order valence-corrected chi connectivity index (χ1v) is 8.94. The van der Waals surface area contributed by atoms with Crippen molar-refractivity contribution < 1.29 is 0 Å². The van der Waals surface area contributed by atoms with Gasteiger partial charge in [-0.15, -0.1) is 11.8 Å². The Labute approximate surface area is 140 Å². The Balaban J connectivity index is 1.85. The van der Waals surface area contributed by atoms with Crippen molar-refractivity contribution in [1.29, 1.82) is 0 Å². The quantitative estimate of drug-likeness (QED) is 0.594. The summed E-state index contributed by atoms with van der Waals surface area (Å²) in [5, 5.41) is 2.06. The van der Waals surface area contributed by atoms with Gasteiger partial charge in [-0.05, 0) is 48.2 Å².